The summed E-state index contributed by atoms with van der Waals surface area (Å²) in [5.41, 5.74) is 0.889. The predicted octanol–water partition coefficient (Wildman–Crippen LogP) is 2.25. The summed E-state index contributed by atoms with van der Waals surface area (Å²) in [7, 11) is 1.72. The van der Waals surface area contributed by atoms with Crippen LogP contribution in [0.15, 0.2) is 29.2 Å². The topological polar surface area (TPSA) is 49.9 Å². The van der Waals surface area contributed by atoms with Gasteiger partial charge in [-0.25, -0.2) is 0 Å². The Balaban J connectivity index is 1.63. The van der Waals surface area contributed by atoms with Crippen LogP contribution in [0.25, 0.3) is 0 Å². The van der Waals surface area contributed by atoms with Crippen molar-refractivity contribution >= 4 is 29.3 Å². The minimum absolute atomic E-state index is 0.0579. The fraction of sp³-hybridized carbons (Fsp3) is 0.529. The second-order valence-electron chi connectivity index (χ2n) is 6.31. The quantitative estimate of drug-likeness (QED) is 0.833. The Bertz CT molecular complexity index is 657. The van der Waals surface area contributed by atoms with Gasteiger partial charge in [-0.3, -0.25) is 14.5 Å². The maximum atomic E-state index is 13.3. The van der Waals surface area contributed by atoms with E-state index >= 15 is 0 Å². The number of piperidine rings is 1. The highest BCUT2D eigenvalue weighted by atomic mass is 32.2. The number of benzene rings is 1. The van der Waals surface area contributed by atoms with E-state index in [0.29, 0.717) is 25.9 Å². The molecule has 0 spiro atoms. The molecule has 1 aromatic rings. The molecular weight excluding hydrogens is 312 g/mol. The lowest BCUT2D eigenvalue weighted by Crippen LogP contribution is -2.55. The van der Waals surface area contributed by atoms with E-state index in [9.17, 15) is 9.59 Å². The van der Waals surface area contributed by atoms with Crippen LogP contribution in [0, 0.1) is 0 Å². The van der Waals surface area contributed by atoms with Crippen molar-refractivity contribution in [3.05, 3.63) is 24.3 Å². The van der Waals surface area contributed by atoms with Crippen LogP contribution in [0.5, 0.6) is 0 Å². The van der Waals surface area contributed by atoms with Gasteiger partial charge in [0, 0.05) is 31.5 Å². The van der Waals surface area contributed by atoms with Crippen LogP contribution in [0.3, 0.4) is 0 Å². The second kappa shape index (κ2) is 5.53. The molecule has 0 aliphatic carbocycles. The van der Waals surface area contributed by atoms with Gasteiger partial charge in [0.25, 0.3) is 5.91 Å². The Kier molecular flexibility index (Phi) is 3.61. The van der Waals surface area contributed by atoms with Crippen molar-refractivity contribution in [1.82, 2.24) is 4.90 Å². The molecule has 5 nitrogen and oxygen atoms in total. The Morgan fingerprint density at radius 3 is 2.78 bits per heavy atom. The summed E-state index contributed by atoms with van der Waals surface area (Å²) in [4.78, 5) is 29.6. The first-order valence-electron chi connectivity index (χ1n) is 8.09. The van der Waals surface area contributed by atoms with Gasteiger partial charge in [-0.2, -0.15) is 0 Å². The molecule has 0 radical (unpaired) electrons. The van der Waals surface area contributed by atoms with Crippen LogP contribution < -0.4 is 4.90 Å². The molecule has 6 heteroatoms. The average molecular weight is 332 g/mol. The van der Waals surface area contributed by atoms with Crippen molar-refractivity contribution < 1.29 is 14.3 Å². The van der Waals surface area contributed by atoms with Crippen LogP contribution in [0.4, 0.5) is 5.69 Å². The van der Waals surface area contributed by atoms with E-state index < -0.39 is 4.87 Å². The Morgan fingerprint density at radius 1 is 1.30 bits per heavy atom. The summed E-state index contributed by atoms with van der Waals surface area (Å²) < 4.78 is 5.39. The molecule has 0 N–H and O–H groups in total. The number of anilines is 1. The number of hydrogen-bond acceptors (Lipinski definition) is 4. The van der Waals surface area contributed by atoms with Crippen molar-refractivity contribution in [3.8, 4) is 0 Å². The van der Waals surface area contributed by atoms with Gasteiger partial charge >= 0.3 is 0 Å². The fourth-order valence-electron chi connectivity index (χ4n) is 3.82. The van der Waals surface area contributed by atoms with E-state index in [1.54, 1.807) is 23.8 Å². The van der Waals surface area contributed by atoms with E-state index in [0.717, 1.165) is 23.4 Å². The number of amides is 2. The molecule has 1 atom stereocenters. The molecule has 1 aromatic carbocycles. The molecule has 3 aliphatic heterocycles. The van der Waals surface area contributed by atoms with E-state index in [1.807, 2.05) is 29.2 Å². The number of nitrogens with zero attached hydrogens (tertiary/aromatic N) is 2. The maximum absolute atomic E-state index is 13.3. The molecule has 23 heavy (non-hydrogen) atoms. The summed E-state index contributed by atoms with van der Waals surface area (Å²) in [5, 5.41) is 0. The van der Waals surface area contributed by atoms with Gasteiger partial charge in [0.1, 0.15) is 0 Å². The standard InChI is InChI=1S/C17H20N2O3S/c1-22-12-7-10-18(11-8-12)16(21)17-9-6-15(20)19(17)13-4-2-3-5-14(13)23-17/h2-5,12H,6-11H2,1H3. The third-order valence-electron chi connectivity index (χ3n) is 5.07. The zero-order valence-corrected chi connectivity index (χ0v) is 14.0. The van der Waals surface area contributed by atoms with Crippen molar-refractivity contribution in [1.29, 1.82) is 0 Å². The van der Waals surface area contributed by atoms with Crippen LogP contribution >= 0.6 is 11.8 Å². The molecule has 4 rings (SSSR count). The van der Waals surface area contributed by atoms with E-state index in [2.05, 4.69) is 0 Å². The molecule has 0 aromatic heterocycles. The molecule has 3 heterocycles. The van der Waals surface area contributed by atoms with Gasteiger partial charge in [0.05, 0.1) is 11.8 Å². The molecule has 122 valence electrons. The molecule has 0 bridgehead atoms. The Labute approximate surface area is 140 Å². The van der Waals surface area contributed by atoms with Crippen molar-refractivity contribution in [3.63, 3.8) is 0 Å². The number of rotatable bonds is 2. The molecule has 3 aliphatic rings. The Hall–Kier alpha value is -1.53. The first-order valence-corrected chi connectivity index (χ1v) is 8.90. The SMILES string of the molecule is COC1CCN(C(=O)C23CCC(=O)N2c2ccccc2S3)CC1. The van der Waals surface area contributed by atoms with E-state index in [-0.39, 0.29) is 17.9 Å². The summed E-state index contributed by atoms with van der Waals surface area (Å²) in [6.45, 7) is 1.41. The first kappa shape index (κ1) is 15.0. The molecular formula is C17H20N2O3S. The fourth-order valence-corrected chi connectivity index (χ4v) is 5.31. The lowest BCUT2D eigenvalue weighted by Gasteiger charge is -2.38. The highest BCUT2D eigenvalue weighted by molar-refractivity contribution is 8.02. The average Bonchev–Trinajstić information content (AvgIpc) is 3.10. The second-order valence-corrected chi connectivity index (χ2v) is 7.63. The predicted molar refractivity (Wildman–Crippen MR) is 88.4 cm³/mol. The number of thioether (sulfide) groups is 1. The number of ether oxygens (including phenoxy) is 1. The molecule has 2 amide bonds. The number of methoxy groups -OCH3 is 1. The monoisotopic (exact) mass is 332 g/mol. The number of para-hydroxylation sites is 1. The van der Waals surface area contributed by atoms with Crippen molar-refractivity contribution in [2.45, 2.75) is 41.6 Å². The van der Waals surface area contributed by atoms with Crippen LogP contribution in [0.1, 0.15) is 25.7 Å². The number of carbonyl (C=O) groups excluding carboxylic acids is 2. The van der Waals surface area contributed by atoms with Gasteiger partial charge in [0.2, 0.25) is 5.91 Å². The number of hydrogen-bond donors (Lipinski definition) is 0. The minimum atomic E-state index is -0.763. The van der Waals surface area contributed by atoms with Gasteiger partial charge < -0.3 is 9.64 Å². The molecule has 0 saturated carbocycles. The molecule has 1 unspecified atom stereocenters. The van der Waals surface area contributed by atoms with Crippen LogP contribution in [0.2, 0.25) is 0 Å². The van der Waals surface area contributed by atoms with Crippen LogP contribution in [-0.4, -0.2) is 47.9 Å². The van der Waals surface area contributed by atoms with E-state index in [1.165, 1.54) is 0 Å². The number of carbonyl (C=O) groups is 2. The van der Waals surface area contributed by atoms with Gasteiger partial charge in [-0.15, -0.1) is 0 Å². The zero-order valence-electron chi connectivity index (χ0n) is 13.2. The normalized spacial score (nSPS) is 27.3. The lowest BCUT2D eigenvalue weighted by atomic mass is 10.1. The van der Waals surface area contributed by atoms with Gasteiger partial charge in [-0.05, 0) is 31.4 Å². The highest BCUT2D eigenvalue weighted by Gasteiger charge is 2.58. The summed E-state index contributed by atoms with van der Waals surface area (Å²) in [5.74, 6) is 0.140. The summed E-state index contributed by atoms with van der Waals surface area (Å²) >= 11 is 1.55. The maximum Gasteiger partial charge on any atom is 0.259 e. The third kappa shape index (κ3) is 2.19. The Morgan fingerprint density at radius 2 is 2.04 bits per heavy atom. The molecule has 2 fully saturated rings. The van der Waals surface area contributed by atoms with E-state index in [4.69, 9.17) is 4.74 Å². The van der Waals surface area contributed by atoms with Crippen molar-refractivity contribution in [2.24, 2.45) is 0 Å². The van der Waals surface area contributed by atoms with Gasteiger partial charge in [0.15, 0.2) is 4.87 Å². The van der Waals surface area contributed by atoms with Crippen LogP contribution in [-0.2, 0) is 14.3 Å². The lowest BCUT2D eigenvalue weighted by molar-refractivity contribution is -0.136. The van der Waals surface area contributed by atoms with Crippen molar-refractivity contribution in [2.75, 3.05) is 25.1 Å². The number of likely N-dealkylation sites (tertiary alicyclic amines) is 1. The first-order chi connectivity index (χ1) is 11.2. The largest absolute Gasteiger partial charge is 0.381 e. The molecule has 2 saturated heterocycles. The van der Waals surface area contributed by atoms with Gasteiger partial charge in [-0.1, -0.05) is 23.9 Å². The summed E-state index contributed by atoms with van der Waals surface area (Å²) in [6.07, 6.45) is 3.01. The smallest absolute Gasteiger partial charge is 0.259 e. The zero-order chi connectivity index (χ0) is 16.0. The highest BCUT2D eigenvalue weighted by Crippen LogP contribution is 2.56. The third-order valence-corrected chi connectivity index (χ3v) is 6.53. The summed E-state index contributed by atoms with van der Waals surface area (Å²) in [6, 6.07) is 7.83. The number of fused-ring (bicyclic) bond motifs is 3. The minimum Gasteiger partial charge on any atom is -0.381 e.